The number of hydrogen-bond donors (Lipinski definition) is 0. The van der Waals surface area contributed by atoms with Gasteiger partial charge in [-0.1, -0.05) is 4.40 Å². The zero-order valence-electron chi connectivity index (χ0n) is 10.6. The molecule has 0 N–H and O–H groups in total. The maximum atomic E-state index is 12.8. The van der Waals surface area contributed by atoms with Gasteiger partial charge >= 0.3 is 12.1 Å². The Kier molecular flexibility index (Phi) is 4.92. The SMILES string of the molecule is CC(C)OC(=O)c1scc(C(F)(F)F)c1S(=O)(=O)N=C=O. The summed E-state index contributed by atoms with van der Waals surface area (Å²) in [5.41, 5.74) is -1.58. The van der Waals surface area contributed by atoms with Gasteiger partial charge in [-0.15, -0.1) is 11.3 Å². The second kappa shape index (κ2) is 5.96. The van der Waals surface area contributed by atoms with E-state index < -0.39 is 43.6 Å². The van der Waals surface area contributed by atoms with E-state index in [1.807, 2.05) is 0 Å². The number of hydrogen-bond acceptors (Lipinski definition) is 6. The third kappa shape index (κ3) is 3.90. The Morgan fingerprint density at radius 2 is 2.00 bits per heavy atom. The van der Waals surface area contributed by atoms with Crippen molar-refractivity contribution in [1.82, 2.24) is 0 Å². The van der Waals surface area contributed by atoms with Gasteiger partial charge in [-0.25, -0.2) is 9.59 Å². The third-order valence-electron chi connectivity index (χ3n) is 1.99. The van der Waals surface area contributed by atoms with Crippen molar-refractivity contribution < 1.29 is 35.9 Å². The smallest absolute Gasteiger partial charge is 0.418 e. The van der Waals surface area contributed by atoms with Gasteiger partial charge in [0.15, 0.2) is 0 Å². The van der Waals surface area contributed by atoms with Crippen LogP contribution in [0.5, 0.6) is 0 Å². The van der Waals surface area contributed by atoms with E-state index in [9.17, 15) is 31.2 Å². The molecule has 1 aromatic rings. The molecule has 0 aliphatic heterocycles. The first-order valence-corrected chi connectivity index (χ1v) is 7.56. The van der Waals surface area contributed by atoms with E-state index in [1.165, 1.54) is 13.8 Å². The van der Waals surface area contributed by atoms with Gasteiger partial charge in [0.1, 0.15) is 9.77 Å². The summed E-state index contributed by atoms with van der Waals surface area (Å²) in [6.07, 6.45) is -5.05. The molecule has 0 atom stereocenters. The van der Waals surface area contributed by atoms with Crippen LogP contribution in [0, 0.1) is 0 Å². The van der Waals surface area contributed by atoms with Gasteiger partial charge < -0.3 is 4.74 Å². The van der Waals surface area contributed by atoms with Crippen LogP contribution in [0.1, 0.15) is 29.1 Å². The van der Waals surface area contributed by atoms with Crippen LogP contribution in [-0.2, 0) is 25.7 Å². The number of esters is 1. The van der Waals surface area contributed by atoms with Crippen LogP contribution in [0.2, 0.25) is 0 Å². The Balaban J connectivity index is 3.59. The lowest BCUT2D eigenvalue weighted by Gasteiger charge is -2.09. The Hall–Kier alpha value is -1.71. The molecular formula is C10H8F3NO5S2. The van der Waals surface area contributed by atoms with E-state index in [2.05, 4.69) is 9.13 Å². The molecule has 1 aromatic heterocycles. The number of carbonyl (C=O) groups excluding carboxylic acids is 2. The summed E-state index contributed by atoms with van der Waals surface area (Å²) < 4.78 is 68.7. The van der Waals surface area contributed by atoms with Crippen molar-refractivity contribution in [2.45, 2.75) is 31.0 Å². The van der Waals surface area contributed by atoms with E-state index in [-0.39, 0.29) is 11.3 Å². The molecule has 0 amide bonds. The molecule has 116 valence electrons. The molecule has 1 heterocycles. The van der Waals surface area contributed by atoms with Crippen molar-refractivity contribution in [3.8, 4) is 0 Å². The van der Waals surface area contributed by atoms with E-state index in [0.29, 0.717) is 11.5 Å². The van der Waals surface area contributed by atoms with Crippen LogP contribution in [0.3, 0.4) is 0 Å². The first-order valence-electron chi connectivity index (χ1n) is 5.24. The topological polar surface area (TPSA) is 89.9 Å². The normalized spacial score (nSPS) is 12.1. The summed E-state index contributed by atoms with van der Waals surface area (Å²) >= 11 is 0.242. The van der Waals surface area contributed by atoms with Crippen molar-refractivity contribution >= 4 is 33.4 Å². The number of nitrogens with zero attached hydrogens (tertiary/aromatic N) is 1. The molecule has 6 nitrogen and oxygen atoms in total. The Bertz CT molecular complexity index is 699. The second-order valence-electron chi connectivity index (χ2n) is 3.92. The summed E-state index contributed by atoms with van der Waals surface area (Å²) in [4.78, 5) is 19.6. The van der Waals surface area contributed by atoms with E-state index >= 15 is 0 Å². The molecule has 0 spiro atoms. The fraction of sp³-hybridized carbons (Fsp3) is 0.400. The van der Waals surface area contributed by atoms with Gasteiger partial charge in [-0.05, 0) is 13.8 Å². The van der Waals surface area contributed by atoms with Crippen LogP contribution in [-0.4, -0.2) is 26.6 Å². The minimum absolute atomic E-state index is 0.242. The predicted octanol–water partition coefficient (Wildman–Crippen LogP) is 2.36. The molecule has 1 rings (SSSR count). The number of carbonyl (C=O) groups is 1. The molecule has 0 aromatic carbocycles. The van der Waals surface area contributed by atoms with E-state index in [1.54, 1.807) is 0 Å². The summed E-state index contributed by atoms with van der Waals surface area (Å²) in [5.74, 6) is -1.25. The maximum Gasteiger partial charge on any atom is 0.418 e. The monoisotopic (exact) mass is 343 g/mol. The van der Waals surface area contributed by atoms with Gasteiger partial charge in [0, 0.05) is 5.38 Å². The van der Waals surface area contributed by atoms with Crippen molar-refractivity contribution in [1.29, 1.82) is 0 Å². The zero-order valence-corrected chi connectivity index (χ0v) is 12.2. The fourth-order valence-corrected chi connectivity index (χ4v) is 3.64. The summed E-state index contributed by atoms with van der Waals surface area (Å²) in [7, 11) is -5.00. The van der Waals surface area contributed by atoms with Gasteiger partial charge in [0.05, 0.1) is 11.7 Å². The number of ether oxygens (including phenoxy) is 1. The van der Waals surface area contributed by atoms with Crippen LogP contribution in [0.25, 0.3) is 0 Å². The predicted molar refractivity (Wildman–Crippen MR) is 65.2 cm³/mol. The number of rotatable bonds is 4. The van der Waals surface area contributed by atoms with Crippen molar-refractivity contribution in [2.75, 3.05) is 0 Å². The number of alkyl halides is 3. The summed E-state index contributed by atoms with van der Waals surface area (Å²) in [5, 5.41) is 0.449. The highest BCUT2D eigenvalue weighted by atomic mass is 32.2. The van der Waals surface area contributed by atoms with Crippen molar-refractivity contribution in [3.05, 3.63) is 15.8 Å². The van der Waals surface area contributed by atoms with Crippen molar-refractivity contribution in [2.24, 2.45) is 4.40 Å². The molecule has 0 unspecified atom stereocenters. The highest BCUT2D eigenvalue weighted by Gasteiger charge is 2.42. The van der Waals surface area contributed by atoms with Gasteiger partial charge in [0.2, 0.25) is 0 Å². The Labute approximate surface area is 121 Å². The van der Waals surface area contributed by atoms with Crippen LogP contribution in [0.15, 0.2) is 14.7 Å². The lowest BCUT2D eigenvalue weighted by molar-refractivity contribution is -0.139. The van der Waals surface area contributed by atoms with Crippen molar-refractivity contribution in [3.63, 3.8) is 0 Å². The van der Waals surface area contributed by atoms with Gasteiger partial charge in [-0.2, -0.15) is 21.6 Å². The summed E-state index contributed by atoms with van der Waals surface area (Å²) in [6, 6.07) is 0. The molecule has 0 bridgehead atoms. The van der Waals surface area contributed by atoms with E-state index in [0.717, 1.165) is 0 Å². The highest BCUT2D eigenvalue weighted by Crippen LogP contribution is 2.40. The Morgan fingerprint density at radius 3 is 2.43 bits per heavy atom. The average Bonchev–Trinajstić information content (AvgIpc) is 2.72. The average molecular weight is 343 g/mol. The number of sulfonamides is 1. The molecule has 0 saturated heterocycles. The standard InChI is InChI=1S/C10H8F3NO5S2/c1-5(2)19-9(16)7-8(21(17,18)14-4-15)6(3-20-7)10(11,12)13/h3,5H,1-2H3. The van der Waals surface area contributed by atoms with Crippen LogP contribution < -0.4 is 0 Å². The van der Waals surface area contributed by atoms with Gasteiger partial charge in [-0.3, -0.25) is 0 Å². The second-order valence-corrected chi connectivity index (χ2v) is 6.34. The minimum Gasteiger partial charge on any atom is -0.459 e. The summed E-state index contributed by atoms with van der Waals surface area (Å²) in [6.45, 7) is 2.88. The van der Waals surface area contributed by atoms with Crippen LogP contribution in [0.4, 0.5) is 13.2 Å². The molecule has 0 aliphatic carbocycles. The van der Waals surface area contributed by atoms with E-state index in [4.69, 9.17) is 0 Å². The molecule has 0 radical (unpaired) electrons. The highest BCUT2D eigenvalue weighted by molar-refractivity contribution is 7.90. The molecular weight excluding hydrogens is 335 g/mol. The largest absolute Gasteiger partial charge is 0.459 e. The first-order chi connectivity index (χ1) is 9.50. The number of halogens is 3. The zero-order chi connectivity index (χ0) is 16.4. The third-order valence-corrected chi connectivity index (χ3v) is 4.34. The number of thiophene rings is 1. The Morgan fingerprint density at radius 1 is 1.43 bits per heavy atom. The first kappa shape index (κ1) is 17.3. The molecule has 0 fully saturated rings. The minimum atomic E-state index is -5.03. The number of isocyanates is 1. The van der Waals surface area contributed by atoms with Gasteiger partial charge in [0.25, 0.3) is 16.1 Å². The lowest BCUT2D eigenvalue weighted by Crippen LogP contribution is -2.16. The molecule has 0 saturated carbocycles. The fourth-order valence-electron chi connectivity index (χ4n) is 1.30. The maximum absolute atomic E-state index is 12.8. The quantitative estimate of drug-likeness (QED) is 0.475. The lowest BCUT2D eigenvalue weighted by atomic mass is 10.3. The van der Waals surface area contributed by atoms with Crippen LogP contribution >= 0.6 is 11.3 Å². The molecule has 11 heteroatoms. The molecule has 21 heavy (non-hydrogen) atoms. The molecule has 0 aliphatic rings.